The first kappa shape index (κ1) is 24.0. The molecule has 0 aromatic rings. The Kier molecular flexibility index (Phi) is 18.2. The summed E-state index contributed by atoms with van der Waals surface area (Å²) >= 11 is 0. The molecule has 21 heavy (non-hydrogen) atoms. The zero-order valence-corrected chi connectivity index (χ0v) is 13.2. The summed E-state index contributed by atoms with van der Waals surface area (Å²) in [7, 11) is 0. The molecule has 0 saturated carbocycles. The van der Waals surface area contributed by atoms with Crippen LogP contribution in [0.15, 0.2) is 0 Å². The van der Waals surface area contributed by atoms with Crippen molar-refractivity contribution in [3.8, 4) is 0 Å². The normalized spacial score (nSPS) is 8.10. The molecule has 0 aliphatic carbocycles. The van der Waals surface area contributed by atoms with Gasteiger partial charge in [-0.15, -0.1) is 0 Å². The number of rotatable bonds is 5. The van der Waals surface area contributed by atoms with E-state index in [1.807, 2.05) is 0 Å². The number of nitrogens with one attached hydrogen (secondary N) is 2. The molecule has 2 amide bonds. The zero-order valence-electron chi connectivity index (χ0n) is 13.2. The van der Waals surface area contributed by atoms with Gasteiger partial charge in [0.1, 0.15) is 17.3 Å². The van der Waals surface area contributed by atoms with Gasteiger partial charge in [-0.05, 0) is 20.8 Å². The van der Waals surface area contributed by atoms with Crippen LogP contribution in [0.2, 0.25) is 0 Å². The largest absolute Gasteiger partial charge is 0.349 e. The smallest absolute Gasteiger partial charge is 0.217 e. The number of carbonyl (C=O) groups excluding carboxylic acids is 5. The monoisotopic (exact) mass is 303 g/mol. The van der Waals surface area contributed by atoms with Gasteiger partial charge in [0, 0.05) is 13.8 Å². The van der Waals surface area contributed by atoms with Crippen LogP contribution < -0.4 is 16.4 Å². The second-order valence-electron chi connectivity index (χ2n) is 4.13. The molecule has 8 nitrogen and oxygen atoms in total. The topological polar surface area (TPSA) is 135 Å². The molecule has 0 atom stereocenters. The van der Waals surface area contributed by atoms with E-state index in [9.17, 15) is 24.0 Å². The fourth-order valence-electron chi connectivity index (χ4n) is 0.498. The SMILES string of the molecule is CC(=O)CN.CC(=O)CNC(C)=O.CC(=O)CNC(C)=O. The van der Waals surface area contributed by atoms with Crippen molar-refractivity contribution in [3.05, 3.63) is 0 Å². The quantitative estimate of drug-likeness (QED) is 0.593. The highest BCUT2D eigenvalue weighted by Gasteiger charge is 1.92. The fraction of sp³-hybridized carbons (Fsp3) is 0.615. The maximum absolute atomic E-state index is 10.1. The number of hydrogen-bond acceptors (Lipinski definition) is 6. The van der Waals surface area contributed by atoms with Crippen LogP contribution in [0.4, 0.5) is 0 Å². The van der Waals surface area contributed by atoms with Crippen molar-refractivity contribution < 1.29 is 24.0 Å². The molecule has 0 aromatic heterocycles. The van der Waals surface area contributed by atoms with Crippen LogP contribution >= 0.6 is 0 Å². The fourth-order valence-corrected chi connectivity index (χ4v) is 0.498. The molecule has 0 aromatic carbocycles. The van der Waals surface area contributed by atoms with Gasteiger partial charge in [-0.25, -0.2) is 0 Å². The molecule has 0 unspecified atom stereocenters. The Balaban J connectivity index is -0.000000239. The van der Waals surface area contributed by atoms with E-state index in [0.717, 1.165) is 0 Å². The third kappa shape index (κ3) is 46.2. The summed E-state index contributed by atoms with van der Waals surface area (Å²) in [5.74, 6) is -0.356. The summed E-state index contributed by atoms with van der Waals surface area (Å²) in [6, 6.07) is 0. The summed E-state index contributed by atoms with van der Waals surface area (Å²) < 4.78 is 0. The zero-order chi connectivity index (χ0) is 17.4. The summed E-state index contributed by atoms with van der Waals surface area (Å²) in [4.78, 5) is 50.1. The molecule has 0 radical (unpaired) electrons. The van der Waals surface area contributed by atoms with Gasteiger partial charge < -0.3 is 16.4 Å². The van der Waals surface area contributed by atoms with Gasteiger partial charge in [-0.1, -0.05) is 0 Å². The summed E-state index contributed by atoms with van der Waals surface area (Å²) in [6.45, 7) is 7.53. The van der Waals surface area contributed by atoms with Gasteiger partial charge in [-0.2, -0.15) is 0 Å². The van der Waals surface area contributed by atoms with E-state index in [1.165, 1.54) is 34.6 Å². The highest BCUT2D eigenvalue weighted by atomic mass is 16.2. The molecule has 8 heteroatoms. The molecule has 0 aliphatic rings. The number of ketones is 3. The first-order valence-corrected chi connectivity index (χ1v) is 6.20. The lowest BCUT2D eigenvalue weighted by molar-refractivity contribution is -0.123. The van der Waals surface area contributed by atoms with Crippen molar-refractivity contribution in [2.75, 3.05) is 19.6 Å². The van der Waals surface area contributed by atoms with E-state index in [0.29, 0.717) is 0 Å². The van der Waals surface area contributed by atoms with Crippen molar-refractivity contribution in [2.45, 2.75) is 34.6 Å². The molecular formula is C13H25N3O5. The predicted octanol–water partition coefficient (Wildman–Crippen LogP) is -1.04. The molecule has 0 aliphatic heterocycles. The van der Waals surface area contributed by atoms with Crippen molar-refractivity contribution in [1.29, 1.82) is 0 Å². The number of Topliss-reactive ketones (excluding diaryl/α,β-unsaturated/α-hetero) is 3. The van der Waals surface area contributed by atoms with Crippen molar-refractivity contribution in [1.82, 2.24) is 10.6 Å². The lowest BCUT2D eigenvalue weighted by Gasteiger charge is -1.93. The second-order valence-corrected chi connectivity index (χ2v) is 4.13. The Morgan fingerprint density at radius 1 is 0.667 bits per heavy atom. The summed E-state index contributed by atoms with van der Waals surface area (Å²) in [5, 5.41) is 4.71. The number of carbonyl (C=O) groups is 5. The molecule has 0 rings (SSSR count). The Labute approximate surface area is 124 Å². The molecule has 0 fully saturated rings. The maximum Gasteiger partial charge on any atom is 0.217 e. The van der Waals surface area contributed by atoms with Crippen LogP contribution in [0, 0.1) is 0 Å². The third-order valence-corrected chi connectivity index (χ3v) is 1.46. The summed E-state index contributed by atoms with van der Waals surface area (Å²) in [5.41, 5.74) is 4.82. The van der Waals surface area contributed by atoms with Gasteiger partial charge >= 0.3 is 0 Å². The van der Waals surface area contributed by atoms with E-state index in [-0.39, 0.29) is 48.8 Å². The van der Waals surface area contributed by atoms with Crippen LogP contribution in [0.25, 0.3) is 0 Å². The van der Waals surface area contributed by atoms with Crippen LogP contribution in [0.5, 0.6) is 0 Å². The lowest BCUT2D eigenvalue weighted by atomic mass is 10.4. The average molecular weight is 303 g/mol. The van der Waals surface area contributed by atoms with E-state index in [4.69, 9.17) is 5.73 Å². The Morgan fingerprint density at radius 2 is 0.905 bits per heavy atom. The summed E-state index contributed by atoms with van der Waals surface area (Å²) in [6.07, 6.45) is 0. The number of amides is 2. The molecule has 0 saturated heterocycles. The minimum Gasteiger partial charge on any atom is -0.349 e. The predicted molar refractivity (Wildman–Crippen MR) is 78.5 cm³/mol. The van der Waals surface area contributed by atoms with Crippen LogP contribution in [0.1, 0.15) is 34.6 Å². The van der Waals surface area contributed by atoms with E-state index in [2.05, 4.69) is 10.6 Å². The van der Waals surface area contributed by atoms with Gasteiger partial charge in [0.15, 0.2) is 0 Å². The maximum atomic E-state index is 10.1. The van der Waals surface area contributed by atoms with Gasteiger partial charge in [0.25, 0.3) is 0 Å². The van der Waals surface area contributed by atoms with Crippen LogP contribution in [-0.4, -0.2) is 48.8 Å². The minimum absolute atomic E-state index is 0.0276. The first-order chi connectivity index (χ1) is 9.52. The van der Waals surface area contributed by atoms with Gasteiger partial charge in [0.05, 0.1) is 19.6 Å². The van der Waals surface area contributed by atoms with Gasteiger partial charge in [-0.3, -0.25) is 24.0 Å². The minimum atomic E-state index is -0.166. The van der Waals surface area contributed by atoms with E-state index < -0.39 is 0 Å². The number of hydrogen-bond donors (Lipinski definition) is 3. The number of nitrogens with two attached hydrogens (primary N) is 1. The third-order valence-electron chi connectivity index (χ3n) is 1.46. The lowest BCUT2D eigenvalue weighted by Crippen LogP contribution is -2.25. The average Bonchev–Trinajstić information content (AvgIpc) is 2.35. The van der Waals surface area contributed by atoms with Crippen LogP contribution in [0.3, 0.4) is 0 Å². The van der Waals surface area contributed by atoms with Crippen molar-refractivity contribution in [2.24, 2.45) is 5.73 Å². The van der Waals surface area contributed by atoms with Gasteiger partial charge in [0.2, 0.25) is 11.8 Å². The molecular weight excluding hydrogens is 278 g/mol. The standard InChI is InChI=1S/2C5H9NO2.C3H7NO/c2*1-4(7)3-6-5(2)8;1-3(5)2-4/h2*3H2,1-2H3,(H,6,8);2,4H2,1H3. The van der Waals surface area contributed by atoms with Crippen LogP contribution in [-0.2, 0) is 24.0 Å². The Hall–Kier alpha value is -2.09. The van der Waals surface area contributed by atoms with E-state index >= 15 is 0 Å². The highest BCUT2D eigenvalue weighted by Crippen LogP contribution is 1.64. The van der Waals surface area contributed by atoms with Crippen molar-refractivity contribution >= 4 is 29.2 Å². The Bertz CT molecular complexity index is 311. The molecule has 0 heterocycles. The Morgan fingerprint density at radius 3 is 0.952 bits per heavy atom. The second kappa shape index (κ2) is 16.0. The highest BCUT2D eigenvalue weighted by molar-refractivity contribution is 5.83. The molecule has 122 valence electrons. The van der Waals surface area contributed by atoms with Crippen molar-refractivity contribution in [3.63, 3.8) is 0 Å². The molecule has 4 N–H and O–H groups in total. The molecule has 0 bridgehead atoms. The molecule has 0 spiro atoms. The first-order valence-electron chi connectivity index (χ1n) is 6.20. The van der Waals surface area contributed by atoms with E-state index in [1.54, 1.807) is 0 Å².